The molecule has 2 nitrogen and oxygen atoms in total. The molecule has 1 unspecified atom stereocenters. The first-order valence-corrected chi connectivity index (χ1v) is 13.3. The Balaban J connectivity index is 1.47. The Kier molecular flexibility index (Phi) is 10.5. The Bertz CT molecular complexity index is 823. The molecule has 0 saturated carbocycles. The van der Waals surface area contributed by atoms with Gasteiger partial charge in [-0.1, -0.05) is 90.2 Å². The summed E-state index contributed by atoms with van der Waals surface area (Å²) in [5.74, 6) is 1.05. The number of hydrogen-bond acceptors (Lipinski definition) is 2. The quantitative estimate of drug-likeness (QED) is 0.207. The molecule has 174 valence electrons. The van der Waals surface area contributed by atoms with E-state index < -0.39 is 0 Å². The smallest absolute Gasteiger partial charge is 0.164 e. The van der Waals surface area contributed by atoms with Crippen molar-refractivity contribution in [1.82, 2.24) is 4.98 Å². The van der Waals surface area contributed by atoms with Crippen LogP contribution in [0.2, 0.25) is 0 Å². The second-order valence-corrected chi connectivity index (χ2v) is 9.83. The lowest BCUT2D eigenvalue weighted by Crippen LogP contribution is -2.00. The fourth-order valence-corrected chi connectivity index (χ4v) is 5.05. The van der Waals surface area contributed by atoms with Crippen molar-refractivity contribution in [3.05, 3.63) is 53.2 Å². The van der Waals surface area contributed by atoms with Crippen LogP contribution in [0.15, 0.2) is 36.5 Å². The SMILES string of the molecule is CCCCCCCCCC(=O)c1ccc(-c2ccc3c(c2)CC(CCCCCC)C3)nc1. The van der Waals surface area contributed by atoms with E-state index in [9.17, 15) is 4.79 Å². The monoisotopic (exact) mass is 433 g/mol. The molecule has 0 spiro atoms. The molecule has 2 aromatic rings. The fraction of sp³-hybridized carbons (Fsp3) is 0.600. The van der Waals surface area contributed by atoms with Crippen LogP contribution in [-0.2, 0) is 12.8 Å². The lowest BCUT2D eigenvalue weighted by atomic mass is 9.98. The van der Waals surface area contributed by atoms with E-state index in [1.807, 2.05) is 12.1 Å². The Morgan fingerprint density at radius 3 is 2.22 bits per heavy atom. The molecule has 1 heterocycles. The Hall–Kier alpha value is -1.96. The zero-order chi connectivity index (χ0) is 22.6. The number of pyridine rings is 1. The van der Waals surface area contributed by atoms with Crippen molar-refractivity contribution in [3.8, 4) is 11.3 Å². The van der Waals surface area contributed by atoms with Crippen LogP contribution in [0.1, 0.15) is 119 Å². The van der Waals surface area contributed by atoms with E-state index >= 15 is 0 Å². The Labute approximate surface area is 196 Å². The van der Waals surface area contributed by atoms with Gasteiger partial charge in [0.1, 0.15) is 0 Å². The molecule has 1 atom stereocenters. The topological polar surface area (TPSA) is 30.0 Å². The minimum absolute atomic E-state index is 0.234. The predicted molar refractivity (Wildman–Crippen MR) is 136 cm³/mol. The first-order chi connectivity index (χ1) is 15.7. The van der Waals surface area contributed by atoms with E-state index in [1.165, 1.54) is 93.7 Å². The average Bonchev–Trinajstić information content (AvgIpc) is 3.23. The lowest BCUT2D eigenvalue weighted by molar-refractivity contribution is 0.0978. The third-order valence-electron chi connectivity index (χ3n) is 7.08. The van der Waals surface area contributed by atoms with Gasteiger partial charge in [0.25, 0.3) is 0 Å². The summed E-state index contributed by atoms with van der Waals surface area (Å²) in [6.45, 7) is 4.52. The van der Waals surface area contributed by atoms with Gasteiger partial charge in [0.15, 0.2) is 5.78 Å². The van der Waals surface area contributed by atoms with Gasteiger partial charge in [0, 0.05) is 23.7 Å². The number of aromatic nitrogens is 1. The molecule has 0 N–H and O–H groups in total. The van der Waals surface area contributed by atoms with Crippen molar-refractivity contribution in [3.63, 3.8) is 0 Å². The summed E-state index contributed by atoms with van der Waals surface area (Å²) in [6.07, 6.45) is 20.3. The zero-order valence-corrected chi connectivity index (χ0v) is 20.5. The van der Waals surface area contributed by atoms with Crippen molar-refractivity contribution < 1.29 is 4.79 Å². The summed E-state index contributed by atoms with van der Waals surface area (Å²) in [4.78, 5) is 17.1. The van der Waals surface area contributed by atoms with Crippen molar-refractivity contribution in [2.45, 2.75) is 110 Å². The van der Waals surface area contributed by atoms with Gasteiger partial charge in [-0.15, -0.1) is 0 Å². The minimum atomic E-state index is 0.234. The van der Waals surface area contributed by atoms with Gasteiger partial charge < -0.3 is 0 Å². The van der Waals surface area contributed by atoms with Crippen LogP contribution in [-0.4, -0.2) is 10.8 Å². The summed E-state index contributed by atoms with van der Waals surface area (Å²) in [5, 5.41) is 0. The number of Topliss-reactive ketones (excluding diaryl/α,β-unsaturated/α-hetero) is 1. The predicted octanol–water partition coefficient (Wildman–Crippen LogP) is 8.76. The van der Waals surface area contributed by atoms with Gasteiger partial charge >= 0.3 is 0 Å². The van der Waals surface area contributed by atoms with E-state index in [1.54, 1.807) is 6.20 Å². The molecular weight excluding hydrogens is 390 g/mol. The number of fused-ring (bicyclic) bond motifs is 1. The molecule has 0 radical (unpaired) electrons. The number of unbranched alkanes of at least 4 members (excludes halogenated alkanes) is 9. The molecule has 0 amide bonds. The standard InChI is InChI=1S/C30H43NO/c1-3-5-7-9-10-11-13-15-30(32)27-18-19-29(31-23-27)26-17-16-25-20-24(21-28(25)22-26)14-12-8-6-4-2/h16-19,22-24H,3-15,20-21H2,1-2H3. The molecular formula is C30H43NO. The first-order valence-electron chi connectivity index (χ1n) is 13.3. The van der Waals surface area contributed by atoms with E-state index in [0.29, 0.717) is 6.42 Å². The highest BCUT2D eigenvalue weighted by Crippen LogP contribution is 2.33. The fourth-order valence-electron chi connectivity index (χ4n) is 5.05. The van der Waals surface area contributed by atoms with E-state index in [0.717, 1.165) is 30.0 Å². The summed E-state index contributed by atoms with van der Waals surface area (Å²) in [7, 11) is 0. The summed E-state index contributed by atoms with van der Waals surface area (Å²) in [6, 6.07) is 10.8. The third-order valence-corrected chi connectivity index (χ3v) is 7.08. The summed E-state index contributed by atoms with van der Waals surface area (Å²) < 4.78 is 0. The molecule has 0 aliphatic heterocycles. The second-order valence-electron chi connectivity index (χ2n) is 9.83. The van der Waals surface area contributed by atoms with Gasteiger partial charge in [0.2, 0.25) is 0 Å². The normalized spacial score (nSPS) is 15.1. The molecule has 32 heavy (non-hydrogen) atoms. The van der Waals surface area contributed by atoms with Gasteiger partial charge in [0.05, 0.1) is 5.69 Å². The first kappa shape index (κ1) is 24.7. The number of rotatable bonds is 15. The number of ketones is 1. The van der Waals surface area contributed by atoms with E-state index in [2.05, 4.69) is 37.0 Å². The van der Waals surface area contributed by atoms with Crippen LogP contribution in [0.25, 0.3) is 11.3 Å². The largest absolute Gasteiger partial charge is 0.294 e. The van der Waals surface area contributed by atoms with Crippen LogP contribution in [0.4, 0.5) is 0 Å². The maximum atomic E-state index is 12.5. The number of benzene rings is 1. The zero-order valence-electron chi connectivity index (χ0n) is 20.5. The molecule has 3 rings (SSSR count). The Morgan fingerprint density at radius 1 is 0.812 bits per heavy atom. The maximum Gasteiger partial charge on any atom is 0.164 e. The number of carbonyl (C=O) groups excluding carboxylic acids is 1. The number of nitrogens with zero attached hydrogens (tertiary/aromatic N) is 1. The van der Waals surface area contributed by atoms with Crippen LogP contribution < -0.4 is 0 Å². The van der Waals surface area contributed by atoms with Crippen LogP contribution in [0.3, 0.4) is 0 Å². The van der Waals surface area contributed by atoms with Crippen molar-refractivity contribution >= 4 is 5.78 Å². The van der Waals surface area contributed by atoms with Crippen LogP contribution >= 0.6 is 0 Å². The van der Waals surface area contributed by atoms with Gasteiger partial charge in [-0.2, -0.15) is 0 Å². The summed E-state index contributed by atoms with van der Waals surface area (Å²) in [5.41, 5.74) is 5.95. The van der Waals surface area contributed by atoms with Crippen molar-refractivity contribution in [2.24, 2.45) is 5.92 Å². The van der Waals surface area contributed by atoms with Gasteiger partial charge in [-0.25, -0.2) is 0 Å². The molecule has 1 aliphatic carbocycles. The maximum absolute atomic E-state index is 12.5. The molecule has 0 fully saturated rings. The average molecular weight is 434 g/mol. The van der Waals surface area contributed by atoms with E-state index in [-0.39, 0.29) is 5.78 Å². The highest BCUT2D eigenvalue weighted by atomic mass is 16.1. The Morgan fingerprint density at radius 2 is 1.50 bits per heavy atom. The van der Waals surface area contributed by atoms with E-state index in [4.69, 9.17) is 0 Å². The molecule has 1 aromatic carbocycles. The molecule has 1 aromatic heterocycles. The van der Waals surface area contributed by atoms with Crippen LogP contribution in [0, 0.1) is 5.92 Å². The highest BCUT2D eigenvalue weighted by molar-refractivity contribution is 5.95. The van der Waals surface area contributed by atoms with Crippen LogP contribution in [0.5, 0.6) is 0 Å². The number of hydrogen-bond donors (Lipinski definition) is 0. The van der Waals surface area contributed by atoms with Crippen molar-refractivity contribution in [2.75, 3.05) is 0 Å². The third kappa shape index (κ3) is 7.57. The highest BCUT2D eigenvalue weighted by Gasteiger charge is 2.21. The second kappa shape index (κ2) is 13.6. The lowest BCUT2D eigenvalue weighted by Gasteiger charge is -2.07. The minimum Gasteiger partial charge on any atom is -0.294 e. The molecule has 0 bridgehead atoms. The molecule has 0 saturated heterocycles. The number of carbonyl (C=O) groups is 1. The molecule has 1 aliphatic rings. The molecule has 2 heteroatoms. The summed E-state index contributed by atoms with van der Waals surface area (Å²) >= 11 is 0. The van der Waals surface area contributed by atoms with Gasteiger partial charge in [-0.3, -0.25) is 9.78 Å². The van der Waals surface area contributed by atoms with Crippen molar-refractivity contribution in [1.29, 1.82) is 0 Å². The van der Waals surface area contributed by atoms with Gasteiger partial charge in [-0.05, 0) is 60.9 Å².